The van der Waals surface area contributed by atoms with Gasteiger partial charge in [0.1, 0.15) is 13.2 Å². The van der Waals surface area contributed by atoms with Crippen molar-refractivity contribution < 1.29 is 14.3 Å². The maximum absolute atomic E-state index is 12.7. The molecule has 0 aliphatic carbocycles. The molecule has 6 heteroatoms. The minimum absolute atomic E-state index is 0.0573. The highest BCUT2D eigenvalue weighted by Crippen LogP contribution is 2.38. The average Bonchev–Trinajstić information content (AvgIpc) is 3.28. The third-order valence-corrected chi connectivity index (χ3v) is 6.06. The summed E-state index contributed by atoms with van der Waals surface area (Å²) in [5.74, 6) is 1.62. The van der Waals surface area contributed by atoms with Crippen LogP contribution in [0.25, 0.3) is 6.08 Å². The van der Waals surface area contributed by atoms with Gasteiger partial charge in [-0.05, 0) is 64.7 Å². The van der Waals surface area contributed by atoms with Crippen LogP contribution in [0.2, 0.25) is 0 Å². The van der Waals surface area contributed by atoms with E-state index in [2.05, 4.69) is 15.9 Å². The molecule has 3 heterocycles. The summed E-state index contributed by atoms with van der Waals surface area (Å²) in [5.41, 5.74) is 1.11. The normalized spacial score (nSPS) is 19.6. The highest BCUT2D eigenvalue weighted by atomic mass is 79.9. The Morgan fingerprint density at radius 3 is 2.84 bits per heavy atom. The van der Waals surface area contributed by atoms with Gasteiger partial charge in [-0.3, -0.25) is 4.79 Å². The summed E-state index contributed by atoms with van der Waals surface area (Å²) < 4.78 is 12.3. The standard InChI is InChI=1S/C19H18BrNO3S/c20-18-7-4-14(25-18)5-8-19(22)21-9-1-2-15(21)13-3-6-16-17(12-13)24-11-10-23-16/h3-8,12,15H,1-2,9-11H2. The number of fused-ring (bicyclic) bond motifs is 1. The Hall–Kier alpha value is -1.79. The molecule has 1 aromatic carbocycles. The SMILES string of the molecule is O=C(C=Cc1ccc(Br)s1)N1CCCC1c1ccc2c(c1)OCCO2. The van der Waals surface area contributed by atoms with Crippen molar-refractivity contribution in [2.75, 3.05) is 19.8 Å². The summed E-state index contributed by atoms with van der Waals surface area (Å²) >= 11 is 5.06. The number of rotatable bonds is 3. The maximum atomic E-state index is 12.7. The van der Waals surface area contributed by atoms with Crippen molar-refractivity contribution >= 4 is 39.2 Å². The van der Waals surface area contributed by atoms with E-state index in [1.165, 1.54) is 0 Å². The lowest BCUT2D eigenvalue weighted by Crippen LogP contribution is -2.29. The molecule has 2 aromatic rings. The minimum Gasteiger partial charge on any atom is -0.486 e. The first kappa shape index (κ1) is 16.7. The van der Waals surface area contributed by atoms with Crippen molar-refractivity contribution in [1.82, 2.24) is 4.90 Å². The molecule has 1 unspecified atom stereocenters. The molecule has 1 fully saturated rings. The van der Waals surface area contributed by atoms with Crippen molar-refractivity contribution in [2.45, 2.75) is 18.9 Å². The lowest BCUT2D eigenvalue weighted by Gasteiger charge is -2.26. The van der Waals surface area contributed by atoms with Crippen LogP contribution in [0.5, 0.6) is 11.5 Å². The molecule has 4 nitrogen and oxygen atoms in total. The Balaban J connectivity index is 1.52. The van der Waals surface area contributed by atoms with E-state index in [-0.39, 0.29) is 11.9 Å². The number of carbonyl (C=O) groups is 1. The van der Waals surface area contributed by atoms with Gasteiger partial charge in [-0.25, -0.2) is 0 Å². The first-order valence-corrected chi connectivity index (χ1v) is 9.95. The second-order valence-electron chi connectivity index (χ2n) is 6.07. The van der Waals surface area contributed by atoms with Gasteiger partial charge in [0.05, 0.1) is 9.83 Å². The van der Waals surface area contributed by atoms with Crippen LogP contribution in [-0.2, 0) is 4.79 Å². The van der Waals surface area contributed by atoms with Gasteiger partial charge in [-0.15, -0.1) is 11.3 Å². The third kappa shape index (κ3) is 3.60. The zero-order valence-electron chi connectivity index (χ0n) is 13.6. The number of ether oxygens (including phenoxy) is 2. The molecule has 2 aliphatic heterocycles. The summed E-state index contributed by atoms with van der Waals surface area (Å²) in [6, 6.07) is 10.1. The second-order valence-corrected chi connectivity index (χ2v) is 8.56. The number of hydrogen-bond acceptors (Lipinski definition) is 4. The number of thiophene rings is 1. The molecule has 1 aromatic heterocycles. The predicted octanol–water partition coefficient (Wildman–Crippen LogP) is 4.66. The van der Waals surface area contributed by atoms with E-state index in [4.69, 9.17) is 9.47 Å². The number of amides is 1. The van der Waals surface area contributed by atoms with E-state index in [1.807, 2.05) is 41.3 Å². The summed E-state index contributed by atoms with van der Waals surface area (Å²) in [7, 11) is 0. The molecule has 1 amide bonds. The van der Waals surface area contributed by atoms with Crippen molar-refractivity contribution in [1.29, 1.82) is 0 Å². The average molecular weight is 420 g/mol. The number of halogens is 1. The number of carbonyl (C=O) groups excluding carboxylic acids is 1. The van der Waals surface area contributed by atoms with E-state index in [9.17, 15) is 4.79 Å². The van der Waals surface area contributed by atoms with Crippen LogP contribution in [0.1, 0.15) is 29.3 Å². The van der Waals surface area contributed by atoms with Gasteiger partial charge in [-0.1, -0.05) is 6.07 Å². The summed E-state index contributed by atoms with van der Waals surface area (Å²) in [6.07, 6.45) is 5.55. The van der Waals surface area contributed by atoms with E-state index >= 15 is 0 Å². The van der Waals surface area contributed by atoms with Crippen LogP contribution >= 0.6 is 27.3 Å². The van der Waals surface area contributed by atoms with E-state index in [1.54, 1.807) is 17.4 Å². The van der Waals surface area contributed by atoms with Gasteiger partial charge < -0.3 is 14.4 Å². The predicted molar refractivity (Wildman–Crippen MR) is 102 cm³/mol. The first-order chi connectivity index (χ1) is 12.2. The van der Waals surface area contributed by atoms with Gasteiger partial charge in [0, 0.05) is 17.5 Å². The zero-order valence-corrected chi connectivity index (χ0v) is 16.0. The van der Waals surface area contributed by atoms with Gasteiger partial charge >= 0.3 is 0 Å². The molecule has 2 aliphatic rings. The molecular weight excluding hydrogens is 402 g/mol. The molecular formula is C19H18BrNO3S. The van der Waals surface area contributed by atoms with E-state index in [0.29, 0.717) is 13.2 Å². The summed E-state index contributed by atoms with van der Waals surface area (Å²) in [4.78, 5) is 15.7. The Morgan fingerprint density at radius 1 is 1.20 bits per heavy atom. The molecule has 4 rings (SSSR count). The zero-order chi connectivity index (χ0) is 17.2. The monoisotopic (exact) mass is 419 g/mol. The van der Waals surface area contributed by atoms with Gasteiger partial charge in [0.15, 0.2) is 11.5 Å². The lowest BCUT2D eigenvalue weighted by molar-refractivity contribution is -0.126. The molecule has 0 spiro atoms. The van der Waals surface area contributed by atoms with Crippen molar-refractivity contribution in [3.05, 3.63) is 50.6 Å². The molecule has 130 valence electrons. The lowest BCUT2D eigenvalue weighted by atomic mass is 10.0. The quantitative estimate of drug-likeness (QED) is 0.679. The number of nitrogens with zero attached hydrogens (tertiary/aromatic N) is 1. The second kappa shape index (κ2) is 7.22. The van der Waals surface area contributed by atoms with E-state index in [0.717, 1.165) is 45.1 Å². The summed E-state index contributed by atoms with van der Waals surface area (Å²) in [6.45, 7) is 1.95. The van der Waals surface area contributed by atoms with Crippen LogP contribution in [0.3, 0.4) is 0 Å². The topological polar surface area (TPSA) is 38.8 Å². The van der Waals surface area contributed by atoms with Gasteiger partial charge in [0.2, 0.25) is 5.91 Å². The molecule has 25 heavy (non-hydrogen) atoms. The molecule has 0 radical (unpaired) electrons. The van der Waals surface area contributed by atoms with Crippen LogP contribution in [0.15, 0.2) is 40.2 Å². The Morgan fingerprint density at radius 2 is 2.04 bits per heavy atom. The molecule has 0 saturated carbocycles. The van der Waals surface area contributed by atoms with Crippen molar-refractivity contribution in [2.24, 2.45) is 0 Å². The Bertz CT molecular complexity index is 817. The molecule has 0 N–H and O–H groups in total. The van der Waals surface area contributed by atoms with Gasteiger partial charge in [0.25, 0.3) is 0 Å². The third-order valence-electron chi connectivity index (χ3n) is 4.47. The largest absolute Gasteiger partial charge is 0.486 e. The molecule has 0 bridgehead atoms. The number of benzene rings is 1. The van der Waals surface area contributed by atoms with Crippen LogP contribution in [0.4, 0.5) is 0 Å². The minimum atomic E-state index is 0.0573. The molecule has 1 atom stereocenters. The van der Waals surface area contributed by atoms with Crippen molar-refractivity contribution in [3.8, 4) is 11.5 Å². The fraction of sp³-hybridized carbons (Fsp3) is 0.316. The fourth-order valence-electron chi connectivity index (χ4n) is 3.31. The number of hydrogen-bond donors (Lipinski definition) is 0. The number of likely N-dealkylation sites (tertiary alicyclic amines) is 1. The summed E-state index contributed by atoms with van der Waals surface area (Å²) in [5, 5.41) is 0. The first-order valence-electron chi connectivity index (χ1n) is 8.34. The fourth-order valence-corrected chi connectivity index (χ4v) is 4.64. The smallest absolute Gasteiger partial charge is 0.247 e. The highest BCUT2D eigenvalue weighted by Gasteiger charge is 2.29. The Kier molecular flexibility index (Phi) is 4.81. The van der Waals surface area contributed by atoms with Crippen LogP contribution < -0.4 is 9.47 Å². The maximum Gasteiger partial charge on any atom is 0.247 e. The highest BCUT2D eigenvalue weighted by molar-refractivity contribution is 9.11. The van der Waals surface area contributed by atoms with Crippen LogP contribution in [0, 0.1) is 0 Å². The van der Waals surface area contributed by atoms with E-state index < -0.39 is 0 Å². The van der Waals surface area contributed by atoms with Gasteiger partial charge in [-0.2, -0.15) is 0 Å². The Labute approximate surface area is 159 Å². The van der Waals surface area contributed by atoms with Crippen LogP contribution in [-0.4, -0.2) is 30.6 Å². The molecule has 1 saturated heterocycles. The van der Waals surface area contributed by atoms with Crippen molar-refractivity contribution in [3.63, 3.8) is 0 Å².